The summed E-state index contributed by atoms with van der Waals surface area (Å²) in [6.07, 6.45) is 14.8. The van der Waals surface area contributed by atoms with Gasteiger partial charge in [-0.25, -0.2) is 4.98 Å². The van der Waals surface area contributed by atoms with E-state index in [4.69, 9.17) is 14.5 Å². The fourth-order valence-corrected chi connectivity index (χ4v) is 13.2. The molecule has 11 rings (SSSR count). The van der Waals surface area contributed by atoms with Crippen LogP contribution in [0, 0.1) is 23.7 Å². The highest BCUT2D eigenvalue weighted by atomic mass is 16.5. The molecule has 6 aromatic rings. The van der Waals surface area contributed by atoms with Gasteiger partial charge in [-0.1, -0.05) is 61.6 Å². The number of aliphatic hydroxyl groups is 2. The van der Waals surface area contributed by atoms with Crippen molar-refractivity contribution in [1.29, 1.82) is 0 Å². The van der Waals surface area contributed by atoms with Crippen LogP contribution in [0.3, 0.4) is 0 Å². The van der Waals surface area contributed by atoms with E-state index < -0.39 is 35.4 Å². The molecule has 0 saturated heterocycles. The number of aromatic nitrogens is 2. The third-order valence-electron chi connectivity index (χ3n) is 16.6. The Morgan fingerprint density at radius 3 is 2.69 bits per heavy atom. The van der Waals surface area contributed by atoms with E-state index in [9.17, 15) is 30.6 Å². The van der Waals surface area contributed by atoms with Crippen LogP contribution < -0.4 is 19.8 Å². The third-order valence-corrected chi connectivity index (χ3v) is 16.6. The number of carbonyl (C=O) groups excluding carboxylic acids is 1. The lowest BCUT2D eigenvalue weighted by atomic mass is 9.58. The minimum absolute atomic E-state index is 0.0487. The van der Waals surface area contributed by atoms with Crippen LogP contribution in [0.1, 0.15) is 110 Å². The highest BCUT2D eigenvalue weighted by Gasteiger charge is 2.58. The van der Waals surface area contributed by atoms with Crippen molar-refractivity contribution in [3.05, 3.63) is 149 Å². The highest BCUT2D eigenvalue weighted by molar-refractivity contribution is 5.92. The first-order valence-corrected chi connectivity index (χ1v) is 25.4. The van der Waals surface area contributed by atoms with Gasteiger partial charge < -0.3 is 50.4 Å². The summed E-state index contributed by atoms with van der Waals surface area (Å²) in [5.41, 5.74) is 4.61. The van der Waals surface area contributed by atoms with E-state index in [1.165, 1.54) is 6.07 Å². The Balaban J connectivity index is 1.07. The molecule has 4 heterocycles. The molecule has 1 spiro atoms. The number of phenolic OH excluding ortho intramolecular Hbond substituents is 4. The van der Waals surface area contributed by atoms with Gasteiger partial charge in [-0.2, -0.15) is 11.9 Å². The first-order valence-electron chi connectivity index (χ1n) is 25.4. The van der Waals surface area contributed by atoms with E-state index in [0.717, 1.165) is 63.7 Å². The van der Waals surface area contributed by atoms with Crippen molar-refractivity contribution >= 4 is 28.1 Å². The van der Waals surface area contributed by atoms with Crippen molar-refractivity contribution < 1.29 is 44.9 Å². The molecule has 71 heavy (non-hydrogen) atoms. The summed E-state index contributed by atoms with van der Waals surface area (Å²) in [6.45, 7) is 2.98. The van der Waals surface area contributed by atoms with E-state index in [-0.39, 0.29) is 65.1 Å². The topological polar surface area (TPSA) is 196 Å². The Morgan fingerprint density at radius 2 is 1.85 bits per heavy atom. The van der Waals surface area contributed by atoms with Gasteiger partial charge >= 0.3 is 0 Å². The summed E-state index contributed by atoms with van der Waals surface area (Å²) in [5, 5.41) is 75.2. The van der Waals surface area contributed by atoms with Crippen LogP contribution in [0.15, 0.2) is 116 Å². The summed E-state index contributed by atoms with van der Waals surface area (Å²) in [5.74, 6) is -1.39. The molecule has 12 heteroatoms. The Morgan fingerprint density at radius 1 is 0.958 bits per heavy atom. The van der Waals surface area contributed by atoms with Crippen molar-refractivity contribution in [3.63, 3.8) is 0 Å². The van der Waals surface area contributed by atoms with Crippen molar-refractivity contribution in [3.8, 4) is 34.5 Å². The number of aryl methyl sites for hydroxylation is 1. The maximum Gasteiger partial charge on any atom is 0.200 e. The standard InChI is InChI=1S/C59H62N3O9/c1-33-4-2-5-34(24-33)32-71-53-29-39(28-52(68)57(53)69)36-9-12-45-43-13-11-42(63)25-37(43)10-15-47(45)62-54-30-40(18-22-61-54)59(20-17-48(64)46(59)31-41-6-3-21-60-41)56(50(66)26-36)51(67)27-38-8-7-35-19-23-70-58-49(65)16-14-44(38)55(35)58/h2-3,5-8,10-11,13-16,18,21-22,25,28-30,33-36,38,46,48,51,56,63-65,67-69H,4,9,12,17,19-20,23-24,26-27,31-32H2,1H3,(H,61,62)/q-1. The van der Waals surface area contributed by atoms with Crippen LogP contribution in [0.4, 0.5) is 11.5 Å². The van der Waals surface area contributed by atoms with Gasteiger partial charge in [0.05, 0.1) is 31.3 Å². The van der Waals surface area contributed by atoms with E-state index in [1.807, 2.05) is 48.5 Å². The number of phenols is 4. The molecular formula is C59H62N3O9-. The van der Waals surface area contributed by atoms with Crippen LogP contribution >= 0.6 is 0 Å². The first kappa shape index (κ1) is 46.6. The average Bonchev–Trinajstić information content (AvgIpc) is 4.00. The molecule has 1 saturated carbocycles. The lowest BCUT2D eigenvalue weighted by Crippen LogP contribution is -2.51. The third kappa shape index (κ3) is 8.79. The number of hydrogen-bond donors (Lipinski definition) is 7. The number of allylic oxidation sites excluding steroid dienone is 3. The summed E-state index contributed by atoms with van der Waals surface area (Å²) in [6, 6.07) is 23.7. The zero-order chi connectivity index (χ0) is 49.0. The average molecular weight is 957 g/mol. The molecule has 2 aromatic heterocycles. The molecule has 0 amide bonds. The number of pyridine rings is 1. The van der Waals surface area contributed by atoms with Gasteiger partial charge in [0.25, 0.3) is 0 Å². The van der Waals surface area contributed by atoms with Crippen LogP contribution in [-0.2, 0) is 23.1 Å². The number of benzene rings is 4. The second kappa shape index (κ2) is 19.1. The second-order valence-electron chi connectivity index (χ2n) is 20.9. The van der Waals surface area contributed by atoms with Gasteiger partial charge in [0.1, 0.15) is 17.4 Å². The number of nitrogens with one attached hydrogen (secondary N) is 1. The monoisotopic (exact) mass is 956 g/mol. The van der Waals surface area contributed by atoms with Crippen LogP contribution in [0.25, 0.3) is 10.8 Å². The number of ether oxygens (including phenoxy) is 2. The molecule has 12 nitrogen and oxygen atoms in total. The van der Waals surface area contributed by atoms with E-state index in [1.54, 1.807) is 36.7 Å². The minimum Gasteiger partial charge on any atom is -0.668 e. The van der Waals surface area contributed by atoms with Gasteiger partial charge in [-0.3, -0.25) is 4.79 Å². The number of aliphatic hydroxyl groups excluding tert-OH is 2. The van der Waals surface area contributed by atoms with Crippen LogP contribution in [-0.4, -0.2) is 66.8 Å². The Bertz CT molecular complexity index is 3020. The first-order chi connectivity index (χ1) is 34.4. The van der Waals surface area contributed by atoms with E-state index in [2.05, 4.69) is 41.5 Å². The zero-order valence-electron chi connectivity index (χ0n) is 40.0. The molecule has 7 N–H and O–H groups in total. The number of nitrogens with zero attached hydrogens (tertiary/aromatic N) is 2. The van der Waals surface area contributed by atoms with Crippen molar-refractivity contribution in [2.24, 2.45) is 23.7 Å². The van der Waals surface area contributed by atoms with Gasteiger partial charge in [0.15, 0.2) is 23.0 Å². The molecular weight excluding hydrogens is 895 g/mol. The number of rotatable bonds is 9. The van der Waals surface area contributed by atoms with Crippen molar-refractivity contribution in [2.75, 3.05) is 18.5 Å². The number of hydrogen-bond acceptors (Lipinski definition) is 11. The Hall–Kier alpha value is -6.76. The number of anilines is 2. The van der Waals surface area contributed by atoms with Crippen LogP contribution in [0.5, 0.6) is 34.5 Å². The normalized spacial score (nSPS) is 27.4. The van der Waals surface area contributed by atoms with Crippen molar-refractivity contribution in [1.82, 2.24) is 9.97 Å². The van der Waals surface area contributed by atoms with Gasteiger partial charge in [0, 0.05) is 47.0 Å². The number of Topliss-reactive ketones (excluding diaryl/α,β-unsaturated/α-hetero) is 1. The molecule has 1 fully saturated rings. The molecule has 2 bridgehead atoms. The van der Waals surface area contributed by atoms with Crippen LogP contribution in [0.2, 0.25) is 0 Å². The maximum atomic E-state index is 16.3. The predicted octanol–water partition coefficient (Wildman–Crippen LogP) is 10.3. The molecule has 10 atom stereocenters. The summed E-state index contributed by atoms with van der Waals surface area (Å²) >= 11 is 0. The molecule has 0 radical (unpaired) electrons. The van der Waals surface area contributed by atoms with Gasteiger partial charge in [0.2, 0.25) is 5.75 Å². The zero-order valence-corrected chi connectivity index (χ0v) is 40.0. The van der Waals surface area contributed by atoms with E-state index >= 15 is 4.79 Å². The molecule has 5 aliphatic rings. The Kier molecular flexibility index (Phi) is 12.5. The second-order valence-corrected chi connectivity index (χ2v) is 20.9. The molecule has 2 aliphatic heterocycles. The number of carbonyl (C=O) groups is 1. The fourth-order valence-electron chi connectivity index (χ4n) is 13.2. The van der Waals surface area contributed by atoms with Gasteiger partial charge in [-0.05, 0) is 157 Å². The fraction of sp³-hybridized carbons (Fsp3) is 0.390. The molecule has 4 aromatic carbocycles. The molecule has 368 valence electrons. The lowest BCUT2D eigenvalue weighted by molar-refractivity contribution is -0.132. The summed E-state index contributed by atoms with van der Waals surface area (Å²) in [4.78, 5) is 25.8. The van der Waals surface area contributed by atoms with Crippen molar-refractivity contribution in [2.45, 2.75) is 107 Å². The highest BCUT2D eigenvalue weighted by Crippen LogP contribution is 2.57. The lowest BCUT2D eigenvalue weighted by Gasteiger charge is -2.46. The summed E-state index contributed by atoms with van der Waals surface area (Å²) in [7, 11) is 0. The quantitative estimate of drug-likeness (QED) is 0.0536. The SMILES string of the molecule is CC1CC=CC(COc2cc(C3CCc4c(ccc5cc(O)ccc45)Nc4cc(ccn4)C4(CCC(O)C4Cc4ccc[n-]4)C(C(O)CC4C=CC5CCOc6c(O)ccc4c65)C(=O)C3)cc(O)c2O)C1. The number of ketones is 1. The molecule has 3 aliphatic carbocycles. The number of fused-ring (bicyclic) bond motifs is 6. The largest absolute Gasteiger partial charge is 0.668 e. The van der Waals surface area contributed by atoms with Gasteiger partial charge in [-0.15, -0.1) is 0 Å². The smallest absolute Gasteiger partial charge is 0.200 e. The Labute approximate surface area is 413 Å². The predicted molar refractivity (Wildman–Crippen MR) is 271 cm³/mol. The summed E-state index contributed by atoms with van der Waals surface area (Å²) < 4.78 is 12.4. The maximum absolute atomic E-state index is 16.3. The minimum atomic E-state index is -1.23. The van der Waals surface area contributed by atoms with E-state index in [0.29, 0.717) is 68.4 Å². The molecule has 10 unspecified atom stereocenters. The number of aromatic hydroxyl groups is 4.